The van der Waals surface area contributed by atoms with Crippen molar-refractivity contribution in [2.45, 2.75) is 31.7 Å². The van der Waals surface area contributed by atoms with Crippen molar-refractivity contribution in [3.05, 3.63) is 29.8 Å². The highest BCUT2D eigenvalue weighted by Crippen LogP contribution is 2.35. The molecule has 1 aliphatic heterocycles. The number of methoxy groups -OCH3 is 1. The molecule has 1 aromatic carbocycles. The summed E-state index contributed by atoms with van der Waals surface area (Å²) in [5.74, 6) is 0.940. The van der Waals surface area contributed by atoms with E-state index in [0.717, 1.165) is 18.7 Å². The second kappa shape index (κ2) is 4.67. The first kappa shape index (κ1) is 12.4. The Labute approximate surface area is 104 Å². The van der Waals surface area contributed by atoms with Gasteiger partial charge in [-0.25, -0.2) is 5.01 Å². The summed E-state index contributed by atoms with van der Waals surface area (Å²) >= 11 is 0. The zero-order chi connectivity index (χ0) is 12.5. The Hall–Kier alpha value is -1.06. The molecule has 2 unspecified atom stereocenters. The van der Waals surface area contributed by atoms with Crippen LogP contribution < -0.4 is 10.2 Å². The standard InChI is InChI=1S/C14H22N2O/c1-11-14(2,8-9-16(3)15-11)12-6-5-7-13(10-12)17-4/h5-7,10-11,15H,8-9H2,1-4H3. The van der Waals surface area contributed by atoms with Gasteiger partial charge in [0.1, 0.15) is 5.75 Å². The molecule has 0 saturated carbocycles. The van der Waals surface area contributed by atoms with E-state index in [0.29, 0.717) is 6.04 Å². The van der Waals surface area contributed by atoms with Crippen LogP contribution in [-0.2, 0) is 5.41 Å². The Bertz CT molecular complexity index is 394. The highest BCUT2D eigenvalue weighted by Gasteiger charge is 2.37. The maximum atomic E-state index is 5.32. The van der Waals surface area contributed by atoms with Gasteiger partial charge in [0.05, 0.1) is 7.11 Å². The lowest BCUT2D eigenvalue weighted by Crippen LogP contribution is -2.57. The molecular formula is C14H22N2O. The van der Waals surface area contributed by atoms with Gasteiger partial charge in [-0.2, -0.15) is 0 Å². The molecule has 1 fully saturated rings. The Morgan fingerprint density at radius 3 is 2.88 bits per heavy atom. The van der Waals surface area contributed by atoms with Gasteiger partial charge >= 0.3 is 0 Å². The summed E-state index contributed by atoms with van der Waals surface area (Å²) in [4.78, 5) is 0. The number of benzene rings is 1. The van der Waals surface area contributed by atoms with E-state index in [2.05, 4.69) is 49.5 Å². The Kier molecular flexibility index (Phi) is 3.40. The zero-order valence-corrected chi connectivity index (χ0v) is 11.2. The molecule has 1 aromatic rings. The van der Waals surface area contributed by atoms with Crippen molar-refractivity contribution in [2.75, 3.05) is 20.7 Å². The third-order valence-corrected chi connectivity index (χ3v) is 4.07. The van der Waals surface area contributed by atoms with Crippen LogP contribution in [0.4, 0.5) is 0 Å². The number of nitrogens with one attached hydrogen (secondary N) is 1. The smallest absolute Gasteiger partial charge is 0.119 e. The molecule has 2 atom stereocenters. The summed E-state index contributed by atoms with van der Waals surface area (Å²) in [7, 11) is 3.82. The van der Waals surface area contributed by atoms with Gasteiger partial charge in [-0.1, -0.05) is 19.1 Å². The van der Waals surface area contributed by atoms with Crippen LogP contribution in [0.3, 0.4) is 0 Å². The van der Waals surface area contributed by atoms with E-state index in [9.17, 15) is 0 Å². The van der Waals surface area contributed by atoms with E-state index in [1.54, 1.807) is 7.11 Å². The molecule has 3 nitrogen and oxygen atoms in total. The van der Waals surface area contributed by atoms with Crippen LogP contribution in [0.15, 0.2) is 24.3 Å². The quantitative estimate of drug-likeness (QED) is 0.849. The van der Waals surface area contributed by atoms with Gasteiger partial charge in [-0.05, 0) is 31.0 Å². The molecule has 94 valence electrons. The molecule has 2 rings (SSSR count). The van der Waals surface area contributed by atoms with Crippen molar-refractivity contribution < 1.29 is 4.74 Å². The predicted molar refractivity (Wildman–Crippen MR) is 70.2 cm³/mol. The minimum Gasteiger partial charge on any atom is -0.497 e. The summed E-state index contributed by atoms with van der Waals surface area (Å²) < 4.78 is 5.32. The van der Waals surface area contributed by atoms with Crippen LogP contribution in [-0.4, -0.2) is 31.8 Å². The fraction of sp³-hybridized carbons (Fsp3) is 0.571. The second-order valence-electron chi connectivity index (χ2n) is 5.17. The number of nitrogens with zero attached hydrogens (tertiary/aromatic N) is 1. The monoisotopic (exact) mass is 234 g/mol. The van der Waals surface area contributed by atoms with Gasteiger partial charge in [-0.3, -0.25) is 5.43 Å². The lowest BCUT2D eigenvalue weighted by atomic mass is 9.73. The first-order valence-corrected chi connectivity index (χ1v) is 6.18. The molecule has 0 aliphatic carbocycles. The molecule has 1 aliphatic rings. The third kappa shape index (κ3) is 2.31. The van der Waals surface area contributed by atoms with Gasteiger partial charge in [0, 0.05) is 25.0 Å². The first-order valence-electron chi connectivity index (χ1n) is 6.18. The molecule has 0 amide bonds. The fourth-order valence-electron chi connectivity index (χ4n) is 2.53. The first-order chi connectivity index (χ1) is 8.06. The summed E-state index contributed by atoms with van der Waals surface area (Å²) in [6.45, 7) is 5.64. The molecule has 1 saturated heterocycles. The Morgan fingerprint density at radius 1 is 1.47 bits per heavy atom. The average Bonchev–Trinajstić information content (AvgIpc) is 2.34. The van der Waals surface area contributed by atoms with Gasteiger partial charge in [0.15, 0.2) is 0 Å². The molecule has 1 N–H and O–H groups in total. The van der Waals surface area contributed by atoms with Crippen LogP contribution in [0.5, 0.6) is 5.75 Å². The van der Waals surface area contributed by atoms with Crippen molar-refractivity contribution in [3.8, 4) is 5.75 Å². The van der Waals surface area contributed by atoms with Gasteiger partial charge in [0.25, 0.3) is 0 Å². The molecule has 1 heterocycles. The number of rotatable bonds is 2. The minimum atomic E-state index is 0.168. The largest absolute Gasteiger partial charge is 0.497 e. The van der Waals surface area contributed by atoms with E-state index < -0.39 is 0 Å². The average molecular weight is 234 g/mol. The Balaban J connectivity index is 2.30. The summed E-state index contributed by atoms with van der Waals surface area (Å²) in [6, 6.07) is 8.85. The van der Waals surface area contributed by atoms with Crippen LogP contribution in [0.1, 0.15) is 25.8 Å². The molecule has 0 radical (unpaired) electrons. The minimum absolute atomic E-state index is 0.168. The fourth-order valence-corrected chi connectivity index (χ4v) is 2.53. The predicted octanol–water partition coefficient (Wildman–Crippen LogP) is 2.18. The Morgan fingerprint density at radius 2 is 2.24 bits per heavy atom. The number of hydrogen-bond acceptors (Lipinski definition) is 3. The third-order valence-electron chi connectivity index (χ3n) is 4.07. The lowest BCUT2D eigenvalue weighted by Gasteiger charge is -2.44. The van der Waals surface area contributed by atoms with Crippen LogP contribution in [0, 0.1) is 0 Å². The van der Waals surface area contributed by atoms with Crippen molar-refractivity contribution in [3.63, 3.8) is 0 Å². The summed E-state index contributed by atoms with van der Waals surface area (Å²) in [5.41, 5.74) is 5.02. The summed E-state index contributed by atoms with van der Waals surface area (Å²) in [6.07, 6.45) is 1.16. The van der Waals surface area contributed by atoms with E-state index in [1.165, 1.54) is 5.56 Å². The van der Waals surface area contributed by atoms with Crippen molar-refractivity contribution in [1.29, 1.82) is 0 Å². The van der Waals surface area contributed by atoms with Crippen molar-refractivity contribution in [1.82, 2.24) is 10.4 Å². The highest BCUT2D eigenvalue weighted by atomic mass is 16.5. The second-order valence-corrected chi connectivity index (χ2v) is 5.17. The highest BCUT2D eigenvalue weighted by molar-refractivity contribution is 5.35. The molecule has 0 aromatic heterocycles. The number of hydrogen-bond donors (Lipinski definition) is 1. The van der Waals surface area contributed by atoms with Crippen LogP contribution >= 0.6 is 0 Å². The van der Waals surface area contributed by atoms with E-state index in [1.807, 2.05) is 6.07 Å². The van der Waals surface area contributed by atoms with Crippen molar-refractivity contribution in [2.24, 2.45) is 0 Å². The van der Waals surface area contributed by atoms with Crippen LogP contribution in [0.2, 0.25) is 0 Å². The van der Waals surface area contributed by atoms with Gasteiger partial charge < -0.3 is 4.74 Å². The van der Waals surface area contributed by atoms with E-state index >= 15 is 0 Å². The zero-order valence-electron chi connectivity index (χ0n) is 11.2. The molecule has 3 heteroatoms. The molecular weight excluding hydrogens is 212 g/mol. The maximum absolute atomic E-state index is 5.32. The van der Waals surface area contributed by atoms with E-state index in [-0.39, 0.29) is 5.41 Å². The van der Waals surface area contributed by atoms with Crippen molar-refractivity contribution >= 4 is 0 Å². The molecule has 0 bridgehead atoms. The van der Waals surface area contributed by atoms with E-state index in [4.69, 9.17) is 4.74 Å². The molecule has 17 heavy (non-hydrogen) atoms. The molecule has 0 spiro atoms. The topological polar surface area (TPSA) is 24.5 Å². The summed E-state index contributed by atoms with van der Waals surface area (Å²) in [5, 5.41) is 2.17. The normalized spacial score (nSPS) is 30.2. The van der Waals surface area contributed by atoms with Crippen LogP contribution in [0.25, 0.3) is 0 Å². The SMILES string of the molecule is COc1cccc(C2(C)CCN(C)NC2C)c1. The van der Waals surface area contributed by atoms with Gasteiger partial charge in [-0.15, -0.1) is 0 Å². The number of ether oxygens (including phenoxy) is 1. The maximum Gasteiger partial charge on any atom is 0.119 e. The van der Waals surface area contributed by atoms with Gasteiger partial charge in [0.2, 0.25) is 0 Å². The number of hydrazine groups is 1. The lowest BCUT2D eigenvalue weighted by molar-refractivity contribution is 0.0920.